The van der Waals surface area contributed by atoms with Gasteiger partial charge in [0.1, 0.15) is 0 Å². The van der Waals surface area contributed by atoms with Gasteiger partial charge in [0.25, 0.3) is 0 Å². The minimum atomic E-state index is -0.521. The molecule has 20 heavy (non-hydrogen) atoms. The van der Waals surface area contributed by atoms with Crippen molar-refractivity contribution in [2.45, 2.75) is 32.7 Å². The first-order chi connectivity index (χ1) is 9.19. The van der Waals surface area contributed by atoms with Gasteiger partial charge in [-0.2, -0.15) is 0 Å². The number of aryl methyl sites for hydroxylation is 1. The summed E-state index contributed by atoms with van der Waals surface area (Å²) in [5.74, 6) is -0.610. The highest BCUT2D eigenvalue weighted by Crippen LogP contribution is 2.20. The van der Waals surface area contributed by atoms with Crippen molar-refractivity contribution in [3.63, 3.8) is 0 Å². The highest BCUT2D eigenvalue weighted by molar-refractivity contribution is 6.31. The Balaban J connectivity index is 2.56. The fourth-order valence-corrected chi connectivity index (χ4v) is 1.91. The smallest absolute Gasteiger partial charge is 0.238 e. The van der Waals surface area contributed by atoms with Crippen molar-refractivity contribution in [2.75, 3.05) is 11.9 Å². The van der Waals surface area contributed by atoms with E-state index in [0.717, 1.165) is 5.56 Å². The lowest BCUT2D eigenvalue weighted by atomic mass is 10.0. The minimum absolute atomic E-state index is 0.0895. The van der Waals surface area contributed by atoms with Crippen LogP contribution in [0.2, 0.25) is 5.02 Å². The predicted molar refractivity (Wildman–Crippen MR) is 80.7 cm³/mol. The molecule has 0 fully saturated rings. The molecule has 0 aliphatic heterocycles. The van der Waals surface area contributed by atoms with Crippen LogP contribution in [0.1, 0.15) is 25.8 Å². The molecule has 0 atom stereocenters. The molecule has 6 heteroatoms. The van der Waals surface area contributed by atoms with E-state index in [4.69, 9.17) is 17.3 Å². The third-order valence-electron chi connectivity index (χ3n) is 2.82. The number of hydrogen-bond donors (Lipinski definition) is 3. The molecule has 1 aromatic rings. The molecule has 0 saturated heterocycles. The normalized spacial score (nSPS) is 11.2. The number of nitrogens with two attached hydrogens (primary N) is 1. The molecule has 4 N–H and O–H groups in total. The standard InChI is InChI=1S/C14H20ClN3O2/c1-9-4-5-10(15)6-11(9)18-13(20)8-17-14(2,3)7-12(16)19/h4-6,17H,7-8H2,1-3H3,(H2,16,19)(H,18,20). The number of benzene rings is 1. The van der Waals surface area contributed by atoms with Gasteiger partial charge in [-0.15, -0.1) is 0 Å². The largest absolute Gasteiger partial charge is 0.370 e. The molecular weight excluding hydrogens is 278 g/mol. The molecule has 0 heterocycles. The Morgan fingerprint density at radius 1 is 1.35 bits per heavy atom. The zero-order valence-corrected chi connectivity index (χ0v) is 12.7. The lowest BCUT2D eigenvalue weighted by molar-refractivity contribution is -0.120. The average Bonchev–Trinajstić information content (AvgIpc) is 2.30. The molecule has 1 rings (SSSR count). The van der Waals surface area contributed by atoms with E-state index in [0.29, 0.717) is 10.7 Å². The Labute approximate surface area is 123 Å². The fourth-order valence-electron chi connectivity index (χ4n) is 1.74. The van der Waals surface area contributed by atoms with Gasteiger partial charge < -0.3 is 16.4 Å². The maximum Gasteiger partial charge on any atom is 0.238 e. The van der Waals surface area contributed by atoms with Crippen molar-refractivity contribution < 1.29 is 9.59 Å². The number of anilines is 1. The Bertz CT molecular complexity index is 515. The summed E-state index contributed by atoms with van der Waals surface area (Å²) >= 11 is 5.89. The molecule has 0 aromatic heterocycles. The lowest BCUT2D eigenvalue weighted by Crippen LogP contribution is -2.46. The molecule has 0 saturated carbocycles. The van der Waals surface area contributed by atoms with E-state index in [9.17, 15) is 9.59 Å². The summed E-state index contributed by atoms with van der Waals surface area (Å²) in [6, 6.07) is 5.30. The van der Waals surface area contributed by atoms with E-state index in [-0.39, 0.29) is 18.9 Å². The van der Waals surface area contributed by atoms with Crippen LogP contribution in [0.25, 0.3) is 0 Å². The van der Waals surface area contributed by atoms with Crippen LogP contribution in [0.4, 0.5) is 5.69 Å². The number of nitrogens with one attached hydrogen (secondary N) is 2. The van der Waals surface area contributed by atoms with Crippen molar-refractivity contribution in [3.05, 3.63) is 28.8 Å². The second-order valence-corrected chi connectivity index (χ2v) is 5.82. The number of halogens is 1. The van der Waals surface area contributed by atoms with Gasteiger partial charge in [-0.3, -0.25) is 9.59 Å². The van der Waals surface area contributed by atoms with E-state index in [1.54, 1.807) is 12.1 Å². The summed E-state index contributed by atoms with van der Waals surface area (Å²) in [5.41, 5.74) is 6.24. The second kappa shape index (κ2) is 6.72. The molecule has 2 amide bonds. The first-order valence-corrected chi connectivity index (χ1v) is 6.67. The number of hydrogen-bond acceptors (Lipinski definition) is 3. The van der Waals surface area contributed by atoms with Gasteiger partial charge >= 0.3 is 0 Å². The van der Waals surface area contributed by atoms with Crippen molar-refractivity contribution in [3.8, 4) is 0 Å². The molecule has 0 radical (unpaired) electrons. The third kappa shape index (κ3) is 5.59. The van der Waals surface area contributed by atoms with Crippen molar-refractivity contribution in [2.24, 2.45) is 5.73 Å². The summed E-state index contributed by atoms with van der Waals surface area (Å²) in [7, 11) is 0. The van der Waals surface area contributed by atoms with Gasteiger partial charge in [0, 0.05) is 22.7 Å². The Kier molecular flexibility index (Phi) is 5.53. The molecule has 0 spiro atoms. The fraction of sp³-hybridized carbons (Fsp3) is 0.429. The molecular formula is C14H20ClN3O2. The van der Waals surface area contributed by atoms with Crippen LogP contribution in [0.5, 0.6) is 0 Å². The predicted octanol–water partition coefficient (Wildman–Crippen LogP) is 1.83. The van der Waals surface area contributed by atoms with Crippen molar-refractivity contribution in [1.82, 2.24) is 5.32 Å². The van der Waals surface area contributed by atoms with E-state index < -0.39 is 11.4 Å². The number of rotatable bonds is 6. The lowest BCUT2D eigenvalue weighted by Gasteiger charge is -2.24. The van der Waals surface area contributed by atoms with Crippen LogP contribution in [0.3, 0.4) is 0 Å². The van der Waals surface area contributed by atoms with Crippen molar-refractivity contribution >= 4 is 29.1 Å². The Morgan fingerprint density at radius 3 is 2.60 bits per heavy atom. The summed E-state index contributed by atoms with van der Waals surface area (Å²) < 4.78 is 0. The van der Waals surface area contributed by atoms with E-state index in [2.05, 4.69) is 10.6 Å². The molecule has 1 aromatic carbocycles. The first-order valence-electron chi connectivity index (χ1n) is 6.29. The zero-order valence-electron chi connectivity index (χ0n) is 11.9. The highest BCUT2D eigenvalue weighted by Gasteiger charge is 2.20. The second-order valence-electron chi connectivity index (χ2n) is 5.39. The molecule has 110 valence electrons. The molecule has 0 aliphatic rings. The molecule has 0 aliphatic carbocycles. The zero-order chi connectivity index (χ0) is 15.3. The Morgan fingerprint density at radius 2 is 2.00 bits per heavy atom. The van der Waals surface area contributed by atoms with Gasteiger partial charge in [0.15, 0.2) is 0 Å². The van der Waals surface area contributed by atoms with E-state index in [1.165, 1.54) is 0 Å². The summed E-state index contributed by atoms with van der Waals surface area (Å²) in [4.78, 5) is 22.8. The van der Waals surface area contributed by atoms with E-state index in [1.807, 2.05) is 26.8 Å². The summed E-state index contributed by atoms with van der Waals surface area (Å²) in [6.45, 7) is 5.61. The SMILES string of the molecule is Cc1ccc(Cl)cc1NC(=O)CNC(C)(C)CC(N)=O. The van der Waals surface area contributed by atoms with Crippen LogP contribution in [0, 0.1) is 6.92 Å². The summed E-state index contributed by atoms with van der Waals surface area (Å²) in [6.07, 6.45) is 0.163. The van der Waals surface area contributed by atoms with Gasteiger partial charge in [-0.25, -0.2) is 0 Å². The maximum atomic E-state index is 11.9. The van der Waals surface area contributed by atoms with Crippen LogP contribution in [-0.4, -0.2) is 23.9 Å². The van der Waals surface area contributed by atoms with Crippen molar-refractivity contribution in [1.29, 1.82) is 0 Å². The van der Waals surface area contributed by atoms with Crippen LogP contribution < -0.4 is 16.4 Å². The third-order valence-corrected chi connectivity index (χ3v) is 3.05. The van der Waals surface area contributed by atoms with Gasteiger partial charge in [-0.1, -0.05) is 17.7 Å². The topological polar surface area (TPSA) is 84.2 Å². The maximum absolute atomic E-state index is 11.9. The monoisotopic (exact) mass is 297 g/mol. The summed E-state index contributed by atoms with van der Waals surface area (Å²) in [5, 5.41) is 6.34. The number of carbonyl (C=O) groups is 2. The molecule has 0 unspecified atom stereocenters. The highest BCUT2D eigenvalue weighted by atomic mass is 35.5. The quantitative estimate of drug-likeness (QED) is 0.749. The van der Waals surface area contributed by atoms with Crippen LogP contribution in [-0.2, 0) is 9.59 Å². The van der Waals surface area contributed by atoms with Gasteiger partial charge in [0.2, 0.25) is 11.8 Å². The van der Waals surface area contributed by atoms with Gasteiger partial charge in [-0.05, 0) is 38.5 Å². The number of carbonyl (C=O) groups excluding carboxylic acids is 2. The minimum Gasteiger partial charge on any atom is -0.370 e. The Hall–Kier alpha value is -1.59. The van der Waals surface area contributed by atoms with Gasteiger partial charge in [0.05, 0.1) is 6.54 Å². The first kappa shape index (κ1) is 16.5. The van der Waals surface area contributed by atoms with E-state index >= 15 is 0 Å². The van der Waals surface area contributed by atoms with Crippen LogP contribution >= 0.6 is 11.6 Å². The molecule has 5 nitrogen and oxygen atoms in total. The van der Waals surface area contributed by atoms with Crippen LogP contribution in [0.15, 0.2) is 18.2 Å². The number of amides is 2. The average molecular weight is 298 g/mol. The molecule has 0 bridgehead atoms. The number of primary amides is 1.